The molecule has 2 rings (SSSR count). The topological polar surface area (TPSA) is 67.9 Å². The van der Waals surface area contributed by atoms with E-state index in [0.29, 0.717) is 0 Å². The van der Waals surface area contributed by atoms with Gasteiger partial charge in [-0.05, 0) is 25.7 Å². The second-order valence-electron chi connectivity index (χ2n) is 4.26. The van der Waals surface area contributed by atoms with Crippen LogP contribution in [0.3, 0.4) is 0 Å². The van der Waals surface area contributed by atoms with Gasteiger partial charge in [0.05, 0.1) is 12.2 Å². The predicted molar refractivity (Wildman–Crippen MR) is 56.3 cm³/mol. The smallest absolute Gasteiger partial charge is 0.414 e. The number of hydrogen-bond donors (Lipinski definition) is 1. The van der Waals surface area contributed by atoms with E-state index in [9.17, 15) is 9.59 Å². The van der Waals surface area contributed by atoms with Crippen molar-refractivity contribution in [3.05, 3.63) is 0 Å². The number of alkyl carbamates (subject to hydrolysis) is 1. The Labute approximate surface area is 98.4 Å². The van der Waals surface area contributed by atoms with Crippen molar-refractivity contribution in [3.8, 4) is 0 Å². The summed E-state index contributed by atoms with van der Waals surface area (Å²) in [6.45, 7) is 0.830. The lowest BCUT2D eigenvalue weighted by Crippen LogP contribution is -2.36. The molecule has 0 aromatic heterocycles. The molecule has 6 heteroatoms. The van der Waals surface area contributed by atoms with Gasteiger partial charge in [0.1, 0.15) is 12.0 Å². The Morgan fingerprint density at radius 1 is 1.44 bits per heavy atom. The number of rotatable bonds is 2. The Kier molecular flexibility index (Phi) is 3.35. The molecule has 0 bridgehead atoms. The van der Waals surface area contributed by atoms with Gasteiger partial charge in [0.15, 0.2) is 0 Å². The molecule has 0 atom stereocenters. The molecule has 2 amide bonds. The summed E-state index contributed by atoms with van der Waals surface area (Å²) in [7, 11) is 0. The van der Waals surface area contributed by atoms with Gasteiger partial charge in [0, 0.05) is 0 Å². The van der Waals surface area contributed by atoms with E-state index in [-0.39, 0.29) is 17.6 Å². The third-order valence-electron chi connectivity index (χ3n) is 3.03. The van der Waals surface area contributed by atoms with Crippen molar-refractivity contribution in [2.24, 2.45) is 0 Å². The molecule has 1 N–H and O–H groups in total. The zero-order valence-corrected chi connectivity index (χ0v) is 9.59. The maximum atomic E-state index is 11.2. The fourth-order valence-electron chi connectivity index (χ4n) is 1.95. The average Bonchev–Trinajstić information content (AvgIpc) is 3.02. The van der Waals surface area contributed by atoms with E-state index in [2.05, 4.69) is 0 Å². The number of carbonyl (C=O) groups is 2. The lowest BCUT2D eigenvalue weighted by molar-refractivity contribution is -0.118. The monoisotopic (exact) mass is 247 g/mol. The molecular formula is C10H14ClNO4. The number of nitrogens with one attached hydrogen (secondary N) is 1. The van der Waals surface area contributed by atoms with E-state index in [4.69, 9.17) is 21.1 Å². The maximum absolute atomic E-state index is 11.2. The highest BCUT2D eigenvalue weighted by atomic mass is 35.5. The van der Waals surface area contributed by atoms with Gasteiger partial charge in [0.25, 0.3) is 0 Å². The first-order valence-electron chi connectivity index (χ1n) is 5.34. The minimum Gasteiger partial charge on any atom is -0.446 e. The molecular weight excluding hydrogens is 234 g/mol. The van der Waals surface area contributed by atoms with Crippen molar-refractivity contribution in [1.82, 2.24) is 5.32 Å². The Bertz CT molecular complexity index is 293. The van der Waals surface area contributed by atoms with Gasteiger partial charge < -0.3 is 9.47 Å². The molecule has 90 valence electrons. The minimum atomic E-state index is -0.705. The first kappa shape index (κ1) is 11.7. The summed E-state index contributed by atoms with van der Waals surface area (Å²) in [5, 5.41) is 2.05. The summed E-state index contributed by atoms with van der Waals surface area (Å²) in [5.41, 5.74) is 0.0856. The number of amides is 2. The molecule has 0 aromatic rings. The van der Waals surface area contributed by atoms with Gasteiger partial charge in [-0.25, -0.2) is 4.79 Å². The van der Waals surface area contributed by atoms with Crippen LogP contribution in [0, 0.1) is 0 Å². The van der Waals surface area contributed by atoms with Crippen molar-refractivity contribution in [2.75, 3.05) is 12.5 Å². The normalized spacial score (nSPS) is 32.2. The van der Waals surface area contributed by atoms with Gasteiger partial charge in [0.2, 0.25) is 5.91 Å². The standard InChI is InChI=1S/C10H14ClNO4/c11-5-8(13)12-9(14)16-7-1-3-10(4-2-7)6-15-10/h7H,1-6H2,(H,12,13,14). The SMILES string of the molecule is O=C(CCl)NC(=O)OC1CCC2(CC1)CO2. The Morgan fingerprint density at radius 2 is 2.06 bits per heavy atom. The van der Waals surface area contributed by atoms with Crippen LogP contribution in [-0.4, -0.2) is 36.2 Å². The van der Waals surface area contributed by atoms with Gasteiger partial charge in [-0.1, -0.05) is 0 Å². The summed E-state index contributed by atoms with van der Waals surface area (Å²) in [6, 6.07) is 0. The zero-order chi connectivity index (χ0) is 11.6. The average molecular weight is 248 g/mol. The van der Waals surface area contributed by atoms with Crippen molar-refractivity contribution in [1.29, 1.82) is 0 Å². The van der Waals surface area contributed by atoms with Crippen molar-refractivity contribution in [3.63, 3.8) is 0 Å². The summed E-state index contributed by atoms with van der Waals surface area (Å²) in [5.74, 6) is -0.777. The first-order valence-corrected chi connectivity index (χ1v) is 5.87. The first-order chi connectivity index (χ1) is 7.63. The van der Waals surface area contributed by atoms with Crippen LogP contribution in [0.5, 0.6) is 0 Å². The van der Waals surface area contributed by atoms with E-state index >= 15 is 0 Å². The molecule has 1 aliphatic carbocycles. The summed E-state index contributed by atoms with van der Waals surface area (Å²) < 4.78 is 10.4. The number of alkyl halides is 1. The molecule has 5 nitrogen and oxygen atoms in total. The van der Waals surface area contributed by atoms with Crippen LogP contribution in [0.1, 0.15) is 25.7 Å². The Morgan fingerprint density at radius 3 is 2.56 bits per heavy atom. The van der Waals surface area contributed by atoms with Crippen LogP contribution in [0.25, 0.3) is 0 Å². The van der Waals surface area contributed by atoms with Crippen molar-refractivity contribution < 1.29 is 19.1 Å². The molecule has 2 aliphatic rings. The Balaban J connectivity index is 1.69. The summed E-state index contributed by atoms with van der Waals surface area (Å²) in [4.78, 5) is 22.0. The van der Waals surface area contributed by atoms with Gasteiger partial charge in [-0.3, -0.25) is 10.1 Å². The third kappa shape index (κ3) is 2.86. The number of ether oxygens (including phenoxy) is 2. The Hall–Kier alpha value is -0.810. The quantitative estimate of drug-likeness (QED) is 0.588. The van der Waals surface area contributed by atoms with Crippen LogP contribution in [0.15, 0.2) is 0 Å². The molecule has 1 heterocycles. The van der Waals surface area contributed by atoms with E-state index in [0.717, 1.165) is 32.3 Å². The van der Waals surface area contributed by atoms with E-state index in [1.54, 1.807) is 0 Å². The fourth-order valence-corrected chi connectivity index (χ4v) is 2.02. The number of epoxide rings is 1. The zero-order valence-electron chi connectivity index (χ0n) is 8.83. The molecule has 16 heavy (non-hydrogen) atoms. The fraction of sp³-hybridized carbons (Fsp3) is 0.800. The molecule has 1 saturated carbocycles. The molecule has 0 aromatic carbocycles. The second-order valence-corrected chi connectivity index (χ2v) is 4.53. The molecule has 2 fully saturated rings. The minimum absolute atomic E-state index is 0.0856. The highest BCUT2D eigenvalue weighted by molar-refractivity contribution is 6.28. The number of imide groups is 1. The lowest BCUT2D eigenvalue weighted by Gasteiger charge is -2.25. The predicted octanol–water partition coefficient (Wildman–Crippen LogP) is 1.19. The third-order valence-corrected chi connectivity index (χ3v) is 3.28. The van der Waals surface area contributed by atoms with Gasteiger partial charge >= 0.3 is 6.09 Å². The van der Waals surface area contributed by atoms with Crippen LogP contribution in [-0.2, 0) is 14.3 Å². The molecule has 1 saturated heterocycles. The highest BCUT2D eigenvalue weighted by Gasteiger charge is 2.47. The number of carbonyl (C=O) groups excluding carboxylic acids is 2. The van der Waals surface area contributed by atoms with Crippen molar-refractivity contribution in [2.45, 2.75) is 37.4 Å². The van der Waals surface area contributed by atoms with Crippen LogP contribution in [0.4, 0.5) is 4.79 Å². The van der Waals surface area contributed by atoms with Gasteiger partial charge in [-0.2, -0.15) is 0 Å². The molecule has 0 unspecified atom stereocenters. The summed E-state index contributed by atoms with van der Waals surface area (Å²) in [6.07, 6.45) is 2.62. The largest absolute Gasteiger partial charge is 0.446 e. The van der Waals surface area contributed by atoms with E-state index in [1.807, 2.05) is 5.32 Å². The lowest BCUT2D eigenvalue weighted by atomic mass is 9.88. The molecule has 0 radical (unpaired) electrons. The van der Waals surface area contributed by atoms with E-state index < -0.39 is 12.0 Å². The van der Waals surface area contributed by atoms with Crippen LogP contribution in [0.2, 0.25) is 0 Å². The van der Waals surface area contributed by atoms with Gasteiger partial charge in [-0.15, -0.1) is 11.6 Å². The molecule has 1 aliphatic heterocycles. The van der Waals surface area contributed by atoms with Crippen LogP contribution >= 0.6 is 11.6 Å². The van der Waals surface area contributed by atoms with Crippen molar-refractivity contribution >= 4 is 23.6 Å². The number of halogens is 1. The molecule has 1 spiro atoms. The van der Waals surface area contributed by atoms with Crippen LogP contribution < -0.4 is 5.32 Å². The van der Waals surface area contributed by atoms with E-state index in [1.165, 1.54) is 0 Å². The second kappa shape index (κ2) is 4.59. The number of hydrogen-bond acceptors (Lipinski definition) is 4. The maximum Gasteiger partial charge on any atom is 0.414 e. The summed E-state index contributed by atoms with van der Waals surface area (Å²) >= 11 is 5.25. The highest BCUT2D eigenvalue weighted by Crippen LogP contribution is 2.42.